The average Bonchev–Trinajstić information content (AvgIpc) is 3.29. The number of carbonyl (C=O) groups excluding carboxylic acids is 1. The number of rotatable bonds is 15. The van der Waals surface area contributed by atoms with Crippen LogP contribution in [0.25, 0.3) is 10.9 Å². The van der Waals surface area contributed by atoms with Gasteiger partial charge in [-0.1, -0.05) is 43.3 Å². The molecule has 0 radical (unpaired) electrons. The number of anilines is 2. The molecule has 4 aromatic rings. The maximum absolute atomic E-state index is 13.1. The van der Waals surface area contributed by atoms with Crippen molar-refractivity contribution in [3.8, 4) is 0 Å². The van der Waals surface area contributed by atoms with Crippen molar-refractivity contribution in [2.24, 2.45) is 0 Å². The monoisotopic (exact) mass is 608 g/mol. The molecule has 1 aliphatic rings. The summed E-state index contributed by atoms with van der Waals surface area (Å²) in [6.45, 7) is 17.1. The predicted molar refractivity (Wildman–Crippen MR) is 189 cm³/mol. The number of nitrogens with one attached hydrogen (secondary N) is 2. The fourth-order valence-electron chi connectivity index (χ4n) is 6.46. The molecule has 1 fully saturated rings. The first-order valence-corrected chi connectivity index (χ1v) is 16.8. The minimum Gasteiger partial charge on any atom is -0.355 e. The molecular formula is C38H52N6O. The van der Waals surface area contributed by atoms with Crippen LogP contribution in [0.4, 0.5) is 11.4 Å². The van der Waals surface area contributed by atoms with Crippen LogP contribution in [0, 0.1) is 13.8 Å². The first kappa shape index (κ1) is 32.7. The van der Waals surface area contributed by atoms with Gasteiger partial charge in [0.05, 0.1) is 0 Å². The molecule has 1 aliphatic heterocycles. The van der Waals surface area contributed by atoms with Crippen LogP contribution in [-0.4, -0.2) is 91.1 Å². The Morgan fingerprint density at radius 3 is 2.40 bits per heavy atom. The van der Waals surface area contributed by atoms with Crippen LogP contribution < -0.4 is 10.6 Å². The van der Waals surface area contributed by atoms with Crippen molar-refractivity contribution >= 4 is 28.2 Å². The minimum absolute atomic E-state index is 0.0336. The minimum atomic E-state index is -0.0336. The number of hydrogen-bond donors (Lipinski definition) is 2. The molecule has 2 heterocycles. The fraction of sp³-hybridized carbons (Fsp3) is 0.447. The number of hydrogen-bond acceptors (Lipinski definition) is 5. The molecule has 0 spiro atoms. The Labute approximate surface area is 270 Å². The van der Waals surface area contributed by atoms with Gasteiger partial charge >= 0.3 is 0 Å². The van der Waals surface area contributed by atoms with Gasteiger partial charge in [-0.05, 0) is 101 Å². The van der Waals surface area contributed by atoms with Crippen molar-refractivity contribution in [2.75, 3.05) is 71.3 Å². The summed E-state index contributed by atoms with van der Waals surface area (Å²) in [5.74, 6) is -0.0336. The van der Waals surface area contributed by atoms with E-state index < -0.39 is 0 Å². The Kier molecular flexibility index (Phi) is 11.7. The number of amides is 1. The molecule has 3 aromatic carbocycles. The molecule has 1 aromatic heterocycles. The van der Waals surface area contributed by atoms with Crippen molar-refractivity contribution in [1.29, 1.82) is 0 Å². The Bertz CT molecular complexity index is 1520. The van der Waals surface area contributed by atoms with Crippen molar-refractivity contribution in [2.45, 2.75) is 46.6 Å². The second kappa shape index (κ2) is 16.1. The van der Waals surface area contributed by atoms with Gasteiger partial charge < -0.3 is 29.9 Å². The molecule has 240 valence electrons. The van der Waals surface area contributed by atoms with E-state index in [-0.39, 0.29) is 5.91 Å². The van der Waals surface area contributed by atoms with Crippen LogP contribution in [0.5, 0.6) is 0 Å². The third-order valence-electron chi connectivity index (χ3n) is 9.32. The molecule has 45 heavy (non-hydrogen) atoms. The van der Waals surface area contributed by atoms with E-state index in [1.54, 1.807) is 0 Å². The lowest BCUT2D eigenvalue weighted by Crippen LogP contribution is -2.44. The molecule has 0 unspecified atom stereocenters. The van der Waals surface area contributed by atoms with E-state index >= 15 is 0 Å². The molecule has 0 saturated carbocycles. The number of benzene rings is 3. The van der Waals surface area contributed by atoms with Gasteiger partial charge in [-0.3, -0.25) is 4.79 Å². The number of aryl methyl sites for hydroxylation is 2. The first-order valence-electron chi connectivity index (χ1n) is 16.8. The van der Waals surface area contributed by atoms with E-state index in [0.717, 1.165) is 63.4 Å². The van der Waals surface area contributed by atoms with E-state index in [4.69, 9.17) is 0 Å². The summed E-state index contributed by atoms with van der Waals surface area (Å²) in [5, 5.41) is 7.98. The summed E-state index contributed by atoms with van der Waals surface area (Å²) >= 11 is 0. The number of piperazine rings is 1. The number of carbonyl (C=O) groups is 1. The Hall–Kier alpha value is -3.65. The maximum atomic E-state index is 13.1. The van der Waals surface area contributed by atoms with E-state index in [0.29, 0.717) is 12.1 Å². The number of aromatic nitrogens is 1. The SMILES string of the molecule is CCCN(CCNC(=O)c1cccc(Nc2ccc3c(c2)c(C)c(C)n3CCCN2CCN(C)CC2)c1)CCc1ccccc1. The van der Waals surface area contributed by atoms with Gasteiger partial charge in [0.15, 0.2) is 0 Å². The Morgan fingerprint density at radius 2 is 1.62 bits per heavy atom. The van der Waals surface area contributed by atoms with E-state index in [9.17, 15) is 4.79 Å². The lowest BCUT2D eigenvalue weighted by atomic mass is 10.1. The third-order valence-corrected chi connectivity index (χ3v) is 9.32. The molecule has 1 amide bonds. The summed E-state index contributed by atoms with van der Waals surface area (Å²) in [7, 11) is 2.21. The Morgan fingerprint density at radius 1 is 0.844 bits per heavy atom. The van der Waals surface area contributed by atoms with Crippen molar-refractivity contribution < 1.29 is 4.79 Å². The topological polar surface area (TPSA) is 55.8 Å². The summed E-state index contributed by atoms with van der Waals surface area (Å²) in [6.07, 6.45) is 3.28. The normalized spacial score (nSPS) is 14.3. The highest BCUT2D eigenvalue weighted by atomic mass is 16.1. The summed E-state index contributed by atoms with van der Waals surface area (Å²) < 4.78 is 2.48. The number of likely N-dealkylation sites (N-methyl/N-ethyl adjacent to an activating group) is 1. The predicted octanol–water partition coefficient (Wildman–Crippen LogP) is 6.32. The lowest BCUT2D eigenvalue weighted by molar-refractivity contribution is 0.0948. The standard InChI is InChI=1S/C38H52N6O/c1-5-19-42(22-17-32-11-7-6-8-12-32)23-18-39-38(45)33-13-9-14-34(28-33)40-35-15-16-37-36(29-35)30(2)31(3)44(37)21-10-20-43-26-24-41(4)25-27-43/h6-9,11-16,28-29,40H,5,10,17-27H2,1-4H3,(H,39,45). The molecule has 0 atom stereocenters. The van der Waals surface area contributed by atoms with Crippen LogP contribution in [0.15, 0.2) is 72.8 Å². The van der Waals surface area contributed by atoms with Gasteiger partial charge in [0, 0.05) is 85.9 Å². The van der Waals surface area contributed by atoms with Gasteiger partial charge in [0.1, 0.15) is 0 Å². The zero-order valence-electron chi connectivity index (χ0n) is 27.8. The average molecular weight is 609 g/mol. The van der Waals surface area contributed by atoms with Crippen molar-refractivity contribution in [3.05, 3.63) is 95.2 Å². The molecule has 5 rings (SSSR count). The van der Waals surface area contributed by atoms with Crippen LogP contribution in [0.2, 0.25) is 0 Å². The molecule has 7 heteroatoms. The highest BCUT2D eigenvalue weighted by Crippen LogP contribution is 2.29. The Balaban J connectivity index is 1.15. The zero-order valence-corrected chi connectivity index (χ0v) is 27.8. The smallest absolute Gasteiger partial charge is 0.251 e. The molecule has 7 nitrogen and oxygen atoms in total. The molecular weight excluding hydrogens is 556 g/mol. The second-order valence-corrected chi connectivity index (χ2v) is 12.6. The molecule has 1 saturated heterocycles. The van der Waals surface area contributed by atoms with Crippen molar-refractivity contribution in [3.63, 3.8) is 0 Å². The summed E-state index contributed by atoms with van der Waals surface area (Å²) in [5.41, 5.74) is 7.95. The first-order chi connectivity index (χ1) is 21.9. The number of fused-ring (bicyclic) bond motifs is 1. The highest BCUT2D eigenvalue weighted by Gasteiger charge is 2.15. The van der Waals surface area contributed by atoms with E-state index in [1.165, 1.54) is 53.9 Å². The van der Waals surface area contributed by atoms with Gasteiger partial charge in [0.25, 0.3) is 5.91 Å². The third kappa shape index (κ3) is 8.97. The quantitative estimate of drug-likeness (QED) is 0.165. The second-order valence-electron chi connectivity index (χ2n) is 12.6. The summed E-state index contributed by atoms with van der Waals surface area (Å²) in [4.78, 5) is 20.5. The maximum Gasteiger partial charge on any atom is 0.251 e. The molecule has 0 aliphatic carbocycles. The van der Waals surface area contributed by atoms with Gasteiger partial charge in [-0.2, -0.15) is 0 Å². The van der Waals surface area contributed by atoms with E-state index in [1.807, 2.05) is 24.3 Å². The zero-order chi connectivity index (χ0) is 31.6. The van der Waals surface area contributed by atoms with Crippen LogP contribution >= 0.6 is 0 Å². The van der Waals surface area contributed by atoms with Crippen molar-refractivity contribution in [1.82, 2.24) is 24.6 Å². The van der Waals surface area contributed by atoms with Crippen LogP contribution in [-0.2, 0) is 13.0 Å². The van der Waals surface area contributed by atoms with Crippen LogP contribution in [0.3, 0.4) is 0 Å². The largest absolute Gasteiger partial charge is 0.355 e. The number of nitrogens with zero attached hydrogens (tertiary/aromatic N) is 4. The van der Waals surface area contributed by atoms with Gasteiger partial charge in [0.2, 0.25) is 0 Å². The van der Waals surface area contributed by atoms with Gasteiger partial charge in [-0.15, -0.1) is 0 Å². The van der Waals surface area contributed by atoms with Gasteiger partial charge in [-0.25, -0.2) is 0 Å². The summed E-state index contributed by atoms with van der Waals surface area (Å²) in [6, 6.07) is 25.1. The molecule has 2 N–H and O–H groups in total. The highest BCUT2D eigenvalue weighted by molar-refractivity contribution is 5.95. The van der Waals surface area contributed by atoms with E-state index in [2.05, 4.69) is 106 Å². The molecule has 0 bridgehead atoms. The lowest BCUT2D eigenvalue weighted by Gasteiger charge is -2.32. The fourth-order valence-corrected chi connectivity index (χ4v) is 6.46. The van der Waals surface area contributed by atoms with Crippen LogP contribution in [0.1, 0.15) is 46.9 Å².